The van der Waals surface area contributed by atoms with Gasteiger partial charge in [0.25, 0.3) is 11.8 Å². The van der Waals surface area contributed by atoms with Crippen molar-refractivity contribution in [1.29, 1.82) is 5.26 Å². The number of nitrogens with zero attached hydrogens (tertiary/aromatic N) is 3. The van der Waals surface area contributed by atoms with E-state index in [0.717, 1.165) is 16.9 Å². The first-order valence-corrected chi connectivity index (χ1v) is 11.0. The third kappa shape index (κ3) is 5.53. The molecule has 0 saturated carbocycles. The minimum Gasteiger partial charge on any atom is -0.376 e. The predicted molar refractivity (Wildman–Crippen MR) is 136 cm³/mol. The lowest BCUT2D eigenvalue weighted by molar-refractivity contribution is 0.101. The first-order chi connectivity index (χ1) is 16.0. The molecule has 174 valence electrons. The molecule has 34 heavy (non-hydrogen) atoms. The van der Waals surface area contributed by atoms with Gasteiger partial charge in [0.2, 0.25) is 0 Å². The quantitative estimate of drug-likeness (QED) is 0.496. The highest BCUT2D eigenvalue weighted by molar-refractivity contribution is 6.34. The van der Waals surface area contributed by atoms with Crippen LogP contribution in [0.15, 0.2) is 54.7 Å². The molecule has 0 unspecified atom stereocenters. The molecule has 3 aromatic rings. The van der Waals surface area contributed by atoms with Crippen LogP contribution in [0.5, 0.6) is 0 Å². The second-order valence-corrected chi connectivity index (χ2v) is 9.05. The number of amides is 2. The number of carbonyl (C=O) groups is 2. The molecule has 2 aromatic carbocycles. The van der Waals surface area contributed by atoms with Crippen molar-refractivity contribution in [2.45, 2.75) is 26.2 Å². The zero-order valence-corrected chi connectivity index (χ0v) is 20.5. The molecule has 0 atom stereocenters. The topological polar surface area (TPSA) is 98.1 Å². The van der Waals surface area contributed by atoms with Crippen LogP contribution in [0.2, 0.25) is 5.02 Å². The van der Waals surface area contributed by atoms with Crippen LogP contribution in [0.25, 0.3) is 0 Å². The van der Waals surface area contributed by atoms with E-state index in [-0.39, 0.29) is 16.5 Å². The molecule has 0 fully saturated rings. The number of aromatic nitrogens is 1. The van der Waals surface area contributed by atoms with E-state index in [2.05, 4.69) is 21.7 Å². The number of nitrogens with one attached hydrogen (secondary N) is 2. The van der Waals surface area contributed by atoms with E-state index in [4.69, 9.17) is 11.6 Å². The Labute approximate surface area is 204 Å². The van der Waals surface area contributed by atoms with E-state index < -0.39 is 11.3 Å². The number of pyridine rings is 1. The molecule has 1 aromatic heterocycles. The number of carbonyl (C=O) groups excluding carboxylic acids is 2. The molecule has 0 radical (unpaired) electrons. The van der Waals surface area contributed by atoms with E-state index in [0.29, 0.717) is 16.9 Å². The first-order valence-electron chi connectivity index (χ1n) is 10.6. The molecular formula is C26H26ClN5O2. The molecule has 1 heterocycles. The lowest BCUT2D eigenvalue weighted by Gasteiger charge is -2.17. The molecule has 3 rings (SSSR count). The molecule has 0 saturated heterocycles. The van der Waals surface area contributed by atoms with Gasteiger partial charge in [-0.1, -0.05) is 23.7 Å². The van der Waals surface area contributed by atoms with Gasteiger partial charge in [-0.2, -0.15) is 5.26 Å². The SMILES string of the molecule is Cc1ncc(NC(=O)c2cc(NC(=O)c3cccc(C(C)(C)C#N)c3)ccc2Cl)cc1N(C)C. The Morgan fingerprint density at radius 3 is 2.41 bits per heavy atom. The molecule has 0 bridgehead atoms. The van der Waals surface area contributed by atoms with Crippen LogP contribution in [0, 0.1) is 18.3 Å². The number of nitriles is 1. The van der Waals surface area contributed by atoms with Gasteiger partial charge >= 0.3 is 0 Å². The lowest BCUT2D eigenvalue weighted by atomic mass is 9.85. The van der Waals surface area contributed by atoms with Crippen LogP contribution in [0.4, 0.5) is 17.1 Å². The highest BCUT2D eigenvalue weighted by atomic mass is 35.5. The van der Waals surface area contributed by atoms with Crippen molar-refractivity contribution < 1.29 is 9.59 Å². The summed E-state index contributed by atoms with van der Waals surface area (Å²) < 4.78 is 0. The summed E-state index contributed by atoms with van der Waals surface area (Å²) in [5.74, 6) is -0.781. The van der Waals surface area contributed by atoms with Crippen molar-refractivity contribution in [3.05, 3.63) is 82.1 Å². The molecule has 7 nitrogen and oxygen atoms in total. The fraction of sp³-hybridized carbons (Fsp3) is 0.231. The van der Waals surface area contributed by atoms with Gasteiger partial charge in [0.1, 0.15) is 0 Å². The van der Waals surface area contributed by atoms with Gasteiger partial charge < -0.3 is 15.5 Å². The van der Waals surface area contributed by atoms with Crippen molar-refractivity contribution in [3.63, 3.8) is 0 Å². The maximum Gasteiger partial charge on any atom is 0.257 e. The van der Waals surface area contributed by atoms with Crippen molar-refractivity contribution in [2.75, 3.05) is 29.6 Å². The summed E-state index contributed by atoms with van der Waals surface area (Å²) in [6.45, 7) is 5.47. The summed E-state index contributed by atoms with van der Waals surface area (Å²) in [5, 5.41) is 15.2. The lowest BCUT2D eigenvalue weighted by Crippen LogP contribution is -2.18. The Morgan fingerprint density at radius 1 is 1.03 bits per heavy atom. The Kier molecular flexibility index (Phi) is 7.23. The predicted octanol–water partition coefficient (Wildman–Crippen LogP) is 5.42. The monoisotopic (exact) mass is 475 g/mol. The smallest absolute Gasteiger partial charge is 0.257 e. The first kappa shape index (κ1) is 24.7. The average Bonchev–Trinajstić information content (AvgIpc) is 2.81. The highest BCUT2D eigenvalue weighted by Crippen LogP contribution is 2.26. The highest BCUT2D eigenvalue weighted by Gasteiger charge is 2.21. The zero-order chi connectivity index (χ0) is 25.0. The Balaban J connectivity index is 1.81. The maximum atomic E-state index is 12.9. The van der Waals surface area contributed by atoms with Crippen LogP contribution in [-0.4, -0.2) is 30.9 Å². The molecule has 0 aliphatic rings. The normalized spacial score (nSPS) is 10.9. The molecule has 2 amide bonds. The van der Waals surface area contributed by atoms with Crippen LogP contribution in [-0.2, 0) is 5.41 Å². The van der Waals surface area contributed by atoms with Crippen LogP contribution in [0.1, 0.15) is 45.8 Å². The average molecular weight is 476 g/mol. The maximum absolute atomic E-state index is 12.9. The molecule has 2 N–H and O–H groups in total. The van der Waals surface area contributed by atoms with Crippen molar-refractivity contribution in [3.8, 4) is 6.07 Å². The van der Waals surface area contributed by atoms with Gasteiger partial charge in [-0.15, -0.1) is 0 Å². The zero-order valence-electron chi connectivity index (χ0n) is 19.7. The number of aryl methyl sites for hydroxylation is 1. The summed E-state index contributed by atoms with van der Waals surface area (Å²) in [5.41, 5.74) is 3.30. The van der Waals surface area contributed by atoms with Crippen molar-refractivity contribution in [2.24, 2.45) is 0 Å². The number of anilines is 3. The van der Waals surface area contributed by atoms with Crippen molar-refractivity contribution >= 4 is 40.5 Å². The third-order valence-electron chi connectivity index (χ3n) is 5.39. The number of rotatable bonds is 6. The molecular weight excluding hydrogens is 450 g/mol. The van der Waals surface area contributed by atoms with E-state index in [1.54, 1.807) is 50.4 Å². The van der Waals surface area contributed by atoms with E-state index >= 15 is 0 Å². The van der Waals surface area contributed by atoms with E-state index in [1.807, 2.05) is 38.1 Å². The Morgan fingerprint density at radius 2 is 1.74 bits per heavy atom. The fourth-order valence-corrected chi connectivity index (χ4v) is 3.54. The number of benzene rings is 2. The van der Waals surface area contributed by atoms with Crippen LogP contribution in [0.3, 0.4) is 0 Å². The summed E-state index contributed by atoms with van der Waals surface area (Å²) >= 11 is 6.28. The standard InChI is InChI=1S/C26H26ClN5O2/c1-16-23(32(4)5)13-20(14-29-16)31-25(34)21-12-19(9-10-22(21)27)30-24(33)17-7-6-8-18(11-17)26(2,3)15-28/h6-14H,1-5H3,(H,30,33)(H,31,34). The minimum absolute atomic E-state index is 0.214. The Bertz CT molecular complexity index is 1290. The largest absolute Gasteiger partial charge is 0.376 e. The minimum atomic E-state index is -0.723. The van der Waals surface area contributed by atoms with Crippen LogP contribution >= 0.6 is 11.6 Å². The molecule has 0 aliphatic heterocycles. The number of hydrogen-bond donors (Lipinski definition) is 2. The molecule has 0 spiro atoms. The second kappa shape index (κ2) is 9.94. The fourth-order valence-electron chi connectivity index (χ4n) is 3.34. The van der Waals surface area contributed by atoms with Gasteiger partial charge in [0.05, 0.1) is 45.3 Å². The summed E-state index contributed by atoms with van der Waals surface area (Å²) in [4.78, 5) is 32.0. The number of halogens is 1. The van der Waals surface area contributed by atoms with Gasteiger partial charge in [-0.3, -0.25) is 14.6 Å². The molecule has 8 heteroatoms. The van der Waals surface area contributed by atoms with Crippen LogP contribution < -0.4 is 15.5 Å². The van der Waals surface area contributed by atoms with E-state index in [9.17, 15) is 14.9 Å². The third-order valence-corrected chi connectivity index (χ3v) is 5.72. The Hall–Kier alpha value is -3.89. The van der Waals surface area contributed by atoms with Gasteiger partial charge in [-0.25, -0.2) is 0 Å². The summed E-state index contributed by atoms with van der Waals surface area (Å²) in [6, 6.07) is 15.7. The summed E-state index contributed by atoms with van der Waals surface area (Å²) in [7, 11) is 3.80. The van der Waals surface area contributed by atoms with Gasteiger partial charge in [0, 0.05) is 25.3 Å². The number of hydrogen-bond acceptors (Lipinski definition) is 5. The van der Waals surface area contributed by atoms with Gasteiger partial charge in [-0.05, 0) is 62.7 Å². The van der Waals surface area contributed by atoms with E-state index in [1.165, 1.54) is 6.07 Å². The van der Waals surface area contributed by atoms with Gasteiger partial charge in [0.15, 0.2) is 0 Å². The van der Waals surface area contributed by atoms with Crippen molar-refractivity contribution in [1.82, 2.24) is 4.98 Å². The summed E-state index contributed by atoms with van der Waals surface area (Å²) in [6.07, 6.45) is 1.58. The molecule has 0 aliphatic carbocycles. The second-order valence-electron chi connectivity index (χ2n) is 8.64.